The number of hydrogen-bond donors (Lipinski definition) is 0. The molecule has 1 aromatic carbocycles. The Morgan fingerprint density at radius 2 is 2.09 bits per heavy atom. The summed E-state index contributed by atoms with van der Waals surface area (Å²) in [6.07, 6.45) is -0.644. The molecule has 2 heterocycles. The Morgan fingerprint density at radius 1 is 1.36 bits per heavy atom. The van der Waals surface area contributed by atoms with Gasteiger partial charge in [-0.3, -0.25) is 14.9 Å². The number of nitro groups is 1. The Hall–Kier alpha value is -2.48. The topological polar surface area (TPSA) is 99.0 Å². The standard InChI is InChI=1S/C14H14N2O6/c17-13(15-3-5-21-6-4-15)8-12-10-2-1-9(16(19)20)7-11(10)14(18)22-12/h1-2,7,12H,3-6,8H2/t12-/m1/s1. The molecule has 3 rings (SSSR count). The average molecular weight is 306 g/mol. The van der Waals surface area contributed by atoms with Crippen molar-refractivity contribution in [2.24, 2.45) is 0 Å². The second-order valence-electron chi connectivity index (χ2n) is 5.12. The Bertz CT molecular complexity index is 638. The molecule has 22 heavy (non-hydrogen) atoms. The molecule has 0 spiro atoms. The number of fused-ring (bicyclic) bond motifs is 1. The molecule has 1 saturated heterocycles. The molecule has 1 aromatic rings. The summed E-state index contributed by atoms with van der Waals surface area (Å²) in [6.45, 7) is 2.04. The van der Waals surface area contributed by atoms with E-state index in [1.807, 2.05) is 0 Å². The predicted octanol–water partition coefficient (Wildman–Crippen LogP) is 1.06. The lowest BCUT2D eigenvalue weighted by Crippen LogP contribution is -2.41. The van der Waals surface area contributed by atoms with Gasteiger partial charge in [-0.05, 0) is 6.07 Å². The molecule has 0 N–H and O–H groups in total. The van der Waals surface area contributed by atoms with E-state index in [0.29, 0.717) is 31.9 Å². The van der Waals surface area contributed by atoms with E-state index in [1.54, 1.807) is 4.90 Å². The molecule has 116 valence electrons. The van der Waals surface area contributed by atoms with Crippen LogP contribution in [0.25, 0.3) is 0 Å². The van der Waals surface area contributed by atoms with Crippen LogP contribution in [-0.4, -0.2) is 48.0 Å². The van der Waals surface area contributed by atoms with E-state index < -0.39 is 17.0 Å². The number of benzene rings is 1. The Morgan fingerprint density at radius 3 is 2.77 bits per heavy atom. The van der Waals surface area contributed by atoms with Gasteiger partial charge in [0, 0.05) is 30.8 Å². The number of cyclic esters (lactones) is 1. The van der Waals surface area contributed by atoms with Gasteiger partial charge in [-0.25, -0.2) is 4.79 Å². The fourth-order valence-corrected chi connectivity index (χ4v) is 2.62. The number of esters is 1. The van der Waals surface area contributed by atoms with Crippen molar-refractivity contribution in [3.8, 4) is 0 Å². The van der Waals surface area contributed by atoms with Gasteiger partial charge in [0.2, 0.25) is 5.91 Å². The highest BCUT2D eigenvalue weighted by molar-refractivity contribution is 5.95. The van der Waals surface area contributed by atoms with E-state index in [0.717, 1.165) is 0 Å². The van der Waals surface area contributed by atoms with Gasteiger partial charge >= 0.3 is 5.97 Å². The van der Waals surface area contributed by atoms with Gasteiger partial charge in [-0.1, -0.05) is 0 Å². The molecule has 1 fully saturated rings. The SMILES string of the molecule is O=C1O[C@H](CC(=O)N2CCOCC2)c2ccc([N+](=O)[O-])cc21. The van der Waals surface area contributed by atoms with Gasteiger partial charge in [0.15, 0.2) is 0 Å². The van der Waals surface area contributed by atoms with E-state index in [2.05, 4.69) is 0 Å². The maximum absolute atomic E-state index is 12.2. The first-order valence-electron chi connectivity index (χ1n) is 6.91. The van der Waals surface area contributed by atoms with E-state index in [-0.39, 0.29) is 23.6 Å². The Balaban J connectivity index is 1.76. The second-order valence-corrected chi connectivity index (χ2v) is 5.12. The summed E-state index contributed by atoms with van der Waals surface area (Å²) < 4.78 is 10.4. The lowest BCUT2D eigenvalue weighted by molar-refractivity contribution is -0.384. The average Bonchev–Trinajstić information content (AvgIpc) is 2.84. The van der Waals surface area contributed by atoms with Crippen LogP contribution in [0.3, 0.4) is 0 Å². The molecule has 0 unspecified atom stereocenters. The summed E-state index contributed by atoms with van der Waals surface area (Å²) in [5, 5.41) is 10.8. The number of rotatable bonds is 3. The normalized spacial score (nSPS) is 20.5. The third-order valence-corrected chi connectivity index (χ3v) is 3.79. The van der Waals surface area contributed by atoms with Crippen LogP contribution in [0.1, 0.15) is 28.4 Å². The molecule has 1 amide bonds. The molecule has 0 radical (unpaired) electrons. The monoisotopic (exact) mass is 306 g/mol. The first-order chi connectivity index (χ1) is 10.6. The molecule has 8 nitrogen and oxygen atoms in total. The summed E-state index contributed by atoms with van der Waals surface area (Å²) in [4.78, 5) is 35.9. The zero-order valence-electron chi connectivity index (χ0n) is 11.7. The molecule has 1 atom stereocenters. The van der Waals surface area contributed by atoms with Crippen LogP contribution in [0.4, 0.5) is 5.69 Å². The molecule has 0 saturated carbocycles. The summed E-state index contributed by atoms with van der Waals surface area (Å²) >= 11 is 0. The molecule has 0 aromatic heterocycles. The van der Waals surface area contributed by atoms with Crippen molar-refractivity contribution < 1.29 is 24.0 Å². The number of nitro benzene ring substituents is 1. The maximum Gasteiger partial charge on any atom is 0.339 e. The van der Waals surface area contributed by atoms with E-state index in [9.17, 15) is 19.7 Å². The molecule has 8 heteroatoms. The van der Waals surface area contributed by atoms with Crippen LogP contribution in [0, 0.1) is 10.1 Å². The van der Waals surface area contributed by atoms with Crippen LogP contribution < -0.4 is 0 Å². The Labute approximate surface area is 125 Å². The lowest BCUT2D eigenvalue weighted by Gasteiger charge is -2.27. The minimum atomic E-state index is -0.682. The highest BCUT2D eigenvalue weighted by atomic mass is 16.6. The third kappa shape index (κ3) is 2.64. The molecule has 0 aliphatic carbocycles. The largest absolute Gasteiger partial charge is 0.453 e. The zero-order valence-corrected chi connectivity index (χ0v) is 11.7. The van der Waals surface area contributed by atoms with Crippen LogP contribution in [0.2, 0.25) is 0 Å². The number of morpholine rings is 1. The van der Waals surface area contributed by atoms with E-state index >= 15 is 0 Å². The van der Waals surface area contributed by atoms with Gasteiger partial charge in [0.05, 0.1) is 30.1 Å². The van der Waals surface area contributed by atoms with Crippen molar-refractivity contribution in [3.63, 3.8) is 0 Å². The highest BCUT2D eigenvalue weighted by Gasteiger charge is 2.35. The van der Waals surface area contributed by atoms with Gasteiger partial charge in [0.25, 0.3) is 5.69 Å². The number of hydrogen-bond acceptors (Lipinski definition) is 6. The van der Waals surface area contributed by atoms with Gasteiger partial charge < -0.3 is 14.4 Å². The fourth-order valence-electron chi connectivity index (χ4n) is 2.62. The van der Waals surface area contributed by atoms with Crippen molar-refractivity contribution in [3.05, 3.63) is 39.4 Å². The smallest absolute Gasteiger partial charge is 0.339 e. The van der Waals surface area contributed by atoms with Gasteiger partial charge in [0.1, 0.15) is 6.10 Å². The minimum Gasteiger partial charge on any atom is -0.453 e. The number of carbonyl (C=O) groups is 2. The van der Waals surface area contributed by atoms with Crippen molar-refractivity contribution >= 4 is 17.6 Å². The van der Waals surface area contributed by atoms with Gasteiger partial charge in [-0.2, -0.15) is 0 Å². The number of amides is 1. The molecular weight excluding hydrogens is 292 g/mol. The Kier molecular flexibility index (Phi) is 3.76. The van der Waals surface area contributed by atoms with Crippen molar-refractivity contribution in [2.45, 2.75) is 12.5 Å². The number of ether oxygens (including phenoxy) is 2. The van der Waals surface area contributed by atoms with Crippen molar-refractivity contribution in [1.29, 1.82) is 0 Å². The number of non-ortho nitro benzene ring substituents is 1. The van der Waals surface area contributed by atoms with Crippen LogP contribution in [0.15, 0.2) is 18.2 Å². The minimum absolute atomic E-state index is 0.0382. The van der Waals surface area contributed by atoms with E-state index in [1.165, 1.54) is 18.2 Å². The third-order valence-electron chi connectivity index (χ3n) is 3.79. The first-order valence-corrected chi connectivity index (χ1v) is 6.91. The van der Waals surface area contributed by atoms with E-state index in [4.69, 9.17) is 9.47 Å². The van der Waals surface area contributed by atoms with Crippen LogP contribution >= 0.6 is 0 Å². The summed E-state index contributed by atoms with van der Waals surface area (Å²) in [5.74, 6) is -0.745. The first kappa shape index (κ1) is 14.5. The summed E-state index contributed by atoms with van der Waals surface area (Å²) in [6, 6.07) is 3.99. The van der Waals surface area contributed by atoms with Crippen LogP contribution in [0.5, 0.6) is 0 Å². The molecule has 2 aliphatic heterocycles. The lowest BCUT2D eigenvalue weighted by atomic mass is 10.0. The van der Waals surface area contributed by atoms with Crippen molar-refractivity contribution in [1.82, 2.24) is 4.90 Å². The summed E-state index contributed by atoms with van der Waals surface area (Å²) in [5.41, 5.74) is 0.516. The second kappa shape index (κ2) is 5.72. The summed E-state index contributed by atoms with van der Waals surface area (Å²) in [7, 11) is 0. The molecule has 0 bridgehead atoms. The molecular formula is C14H14N2O6. The quantitative estimate of drug-likeness (QED) is 0.470. The maximum atomic E-state index is 12.2. The predicted molar refractivity (Wildman–Crippen MR) is 73.3 cm³/mol. The zero-order chi connectivity index (χ0) is 15.7. The van der Waals surface area contributed by atoms with Gasteiger partial charge in [-0.15, -0.1) is 0 Å². The highest BCUT2D eigenvalue weighted by Crippen LogP contribution is 2.35. The number of nitrogens with zero attached hydrogens (tertiary/aromatic N) is 2. The number of carbonyl (C=O) groups excluding carboxylic acids is 2. The fraction of sp³-hybridized carbons (Fsp3) is 0.429. The van der Waals surface area contributed by atoms with Crippen LogP contribution in [-0.2, 0) is 14.3 Å². The molecule has 2 aliphatic rings. The van der Waals surface area contributed by atoms with Crippen molar-refractivity contribution in [2.75, 3.05) is 26.3 Å².